The summed E-state index contributed by atoms with van der Waals surface area (Å²) >= 11 is 0. The number of aliphatic imine (C=N–C) groups is 2. The normalized spacial score (nSPS) is 21.5. The molecule has 2 atom stereocenters. The maximum Gasteiger partial charge on any atom is 0.124 e. The topological polar surface area (TPSA) is 65.2 Å². The van der Waals surface area contributed by atoms with Gasteiger partial charge in [-0.2, -0.15) is 0 Å². The fourth-order valence-corrected chi connectivity index (χ4v) is 2.98. The van der Waals surface area contributed by atoms with Gasteiger partial charge in [0.15, 0.2) is 0 Å². The van der Waals surface area contributed by atoms with Gasteiger partial charge in [0.2, 0.25) is 0 Å². The van der Waals surface area contributed by atoms with Crippen LogP contribution in [0.4, 0.5) is 0 Å². The van der Waals surface area contributed by atoms with E-state index in [0.717, 1.165) is 36.8 Å². The number of rotatable bonds is 4. The highest BCUT2D eigenvalue weighted by atomic mass is 16.3. The van der Waals surface area contributed by atoms with Gasteiger partial charge >= 0.3 is 0 Å². The lowest BCUT2D eigenvalue weighted by Crippen LogP contribution is -2.27. The van der Waals surface area contributed by atoms with Crippen LogP contribution in [0.3, 0.4) is 0 Å². The Kier molecular flexibility index (Phi) is 5.26. The maximum atomic E-state index is 9.84. The second kappa shape index (κ2) is 7.77. The van der Waals surface area contributed by atoms with Gasteiger partial charge < -0.3 is 10.2 Å². The smallest absolute Gasteiger partial charge is 0.124 e. The van der Waals surface area contributed by atoms with Crippen molar-refractivity contribution in [1.29, 1.82) is 0 Å². The highest BCUT2D eigenvalue weighted by Gasteiger charge is 2.23. The zero-order valence-corrected chi connectivity index (χ0v) is 13.5. The van der Waals surface area contributed by atoms with Crippen molar-refractivity contribution in [3.05, 3.63) is 59.7 Å². The van der Waals surface area contributed by atoms with Crippen LogP contribution in [0.1, 0.15) is 36.8 Å². The van der Waals surface area contributed by atoms with E-state index < -0.39 is 0 Å². The summed E-state index contributed by atoms with van der Waals surface area (Å²) in [5.74, 6) is 0.484. The Balaban J connectivity index is 1.74. The van der Waals surface area contributed by atoms with E-state index in [1.54, 1.807) is 36.7 Å². The number of phenols is 2. The number of aromatic hydroxyl groups is 2. The van der Waals surface area contributed by atoms with Crippen LogP contribution in [0.15, 0.2) is 58.5 Å². The summed E-state index contributed by atoms with van der Waals surface area (Å²) < 4.78 is 0. The maximum absolute atomic E-state index is 9.84. The lowest BCUT2D eigenvalue weighted by molar-refractivity contribution is 0.390. The Labute approximate surface area is 142 Å². The Hall–Kier alpha value is -2.62. The Morgan fingerprint density at radius 3 is 1.54 bits per heavy atom. The summed E-state index contributed by atoms with van der Waals surface area (Å²) in [6.07, 6.45) is 7.76. The summed E-state index contributed by atoms with van der Waals surface area (Å²) in [6.45, 7) is 0. The first-order chi connectivity index (χ1) is 11.7. The molecule has 0 aliphatic heterocycles. The molecule has 0 aromatic heterocycles. The predicted octanol–water partition coefficient (Wildman–Crippen LogP) is 3.95. The van der Waals surface area contributed by atoms with Crippen molar-refractivity contribution in [2.24, 2.45) is 9.98 Å². The van der Waals surface area contributed by atoms with Crippen LogP contribution >= 0.6 is 0 Å². The molecule has 0 amide bonds. The fourth-order valence-electron chi connectivity index (χ4n) is 2.98. The van der Waals surface area contributed by atoms with E-state index in [1.807, 2.05) is 24.3 Å². The molecule has 0 spiro atoms. The first kappa shape index (κ1) is 16.2. The zero-order valence-electron chi connectivity index (χ0n) is 13.5. The standard InChI is InChI=1S/C20H22N2O2/c23-19-11-5-1-7-15(19)13-21-17-9-3-4-10-18(17)22-14-16-8-2-6-12-20(16)24/h1-2,5-8,11-14,17-18,23-24H,3-4,9-10H2/b21-13-,22-14+. The van der Waals surface area contributed by atoms with Gasteiger partial charge in [0.1, 0.15) is 11.5 Å². The minimum Gasteiger partial charge on any atom is -0.507 e. The summed E-state index contributed by atoms with van der Waals surface area (Å²) in [4.78, 5) is 9.34. The number of para-hydroxylation sites is 2. The SMILES string of the molecule is Oc1ccccc1/C=N\C1CCCCC1/N=C/c1ccccc1O. The predicted molar refractivity (Wildman–Crippen MR) is 97.4 cm³/mol. The van der Waals surface area contributed by atoms with E-state index in [4.69, 9.17) is 0 Å². The molecule has 2 N–H and O–H groups in total. The van der Waals surface area contributed by atoms with Gasteiger partial charge in [-0.1, -0.05) is 37.1 Å². The van der Waals surface area contributed by atoms with E-state index in [9.17, 15) is 10.2 Å². The lowest BCUT2D eigenvalue weighted by Gasteiger charge is -2.25. The van der Waals surface area contributed by atoms with E-state index in [-0.39, 0.29) is 23.6 Å². The van der Waals surface area contributed by atoms with Crippen molar-refractivity contribution in [2.75, 3.05) is 0 Å². The van der Waals surface area contributed by atoms with Gasteiger partial charge in [-0.25, -0.2) is 0 Å². The van der Waals surface area contributed by atoms with Crippen molar-refractivity contribution >= 4 is 12.4 Å². The zero-order chi connectivity index (χ0) is 16.8. The molecular formula is C20H22N2O2. The molecule has 0 saturated heterocycles. The van der Waals surface area contributed by atoms with Crippen LogP contribution in [0.2, 0.25) is 0 Å². The second-order valence-electron chi connectivity index (χ2n) is 6.09. The largest absolute Gasteiger partial charge is 0.507 e. The molecule has 0 radical (unpaired) electrons. The summed E-state index contributed by atoms with van der Waals surface area (Å²) in [5, 5.41) is 19.7. The molecule has 1 saturated carbocycles. The molecule has 1 fully saturated rings. The number of nitrogens with zero attached hydrogens (tertiary/aromatic N) is 2. The van der Waals surface area contributed by atoms with Gasteiger partial charge in [0, 0.05) is 23.6 Å². The Bertz CT molecular complexity index is 676. The van der Waals surface area contributed by atoms with Gasteiger partial charge in [0.05, 0.1) is 12.1 Å². The van der Waals surface area contributed by atoms with Gasteiger partial charge in [-0.3, -0.25) is 9.98 Å². The van der Waals surface area contributed by atoms with Crippen LogP contribution in [-0.4, -0.2) is 34.7 Å². The molecule has 24 heavy (non-hydrogen) atoms. The number of benzene rings is 2. The van der Waals surface area contributed by atoms with Crippen LogP contribution in [-0.2, 0) is 0 Å². The first-order valence-corrected chi connectivity index (χ1v) is 8.36. The van der Waals surface area contributed by atoms with E-state index in [1.165, 1.54) is 0 Å². The Morgan fingerprint density at radius 2 is 1.12 bits per heavy atom. The van der Waals surface area contributed by atoms with Crippen LogP contribution < -0.4 is 0 Å². The van der Waals surface area contributed by atoms with Crippen molar-refractivity contribution in [3.8, 4) is 11.5 Å². The van der Waals surface area contributed by atoms with Crippen LogP contribution in [0, 0.1) is 0 Å². The van der Waals surface area contributed by atoms with E-state index in [2.05, 4.69) is 9.98 Å². The molecule has 1 aliphatic rings. The van der Waals surface area contributed by atoms with Gasteiger partial charge in [-0.05, 0) is 37.1 Å². The summed E-state index contributed by atoms with van der Waals surface area (Å²) in [6, 6.07) is 14.6. The molecule has 4 heteroatoms. The average Bonchev–Trinajstić information content (AvgIpc) is 2.61. The van der Waals surface area contributed by atoms with E-state index in [0.29, 0.717) is 0 Å². The molecule has 2 aromatic carbocycles. The average molecular weight is 322 g/mol. The third kappa shape index (κ3) is 4.02. The fraction of sp³-hybridized carbons (Fsp3) is 0.300. The molecule has 124 valence electrons. The van der Waals surface area contributed by atoms with Crippen molar-refractivity contribution in [1.82, 2.24) is 0 Å². The number of phenolic OH excluding ortho intramolecular Hbond substituents is 2. The van der Waals surface area contributed by atoms with Crippen molar-refractivity contribution in [2.45, 2.75) is 37.8 Å². The molecule has 0 heterocycles. The minimum absolute atomic E-state index is 0.112. The molecule has 3 rings (SSSR count). The highest BCUT2D eigenvalue weighted by Crippen LogP contribution is 2.25. The minimum atomic E-state index is 0.112. The summed E-state index contributed by atoms with van der Waals surface area (Å²) in [7, 11) is 0. The third-order valence-corrected chi connectivity index (χ3v) is 4.38. The monoisotopic (exact) mass is 322 g/mol. The van der Waals surface area contributed by atoms with Crippen molar-refractivity contribution < 1.29 is 10.2 Å². The third-order valence-electron chi connectivity index (χ3n) is 4.38. The number of hydrogen-bond donors (Lipinski definition) is 2. The molecule has 2 aromatic rings. The molecular weight excluding hydrogens is 300 g/mol. The molecule has 4 nitrogen and oxygen atoms in total. The number of hydrogen-bond acceptors (Lipinski definition) is 4. The first-order valence-electron chi connectivity index (χ1n) is 8.36. The second-order valence-corrected chi connectivity index (χ2v) is 6.09. The van der Waals surface area contributed by atoms with Crippen LogP contribution in [0.5, 0.6) is 11.5 Å². The van der Waals surface area contributed by atoms with Crippen molar-refractivity contribution in [3.63, 3.8) is 0 Å². The Morgan fingerprint density at radius 1 is 0.708 bits per heavy atom. The summed E-state index contributed by atoms with van der Waals surface area (Å²) in [5.41, 5.74) is 1.46. The molecule has 2 unspecified atom stereocenters. The van der Waals surface area contributed by atoms with Crippen LogP contribution in [0.25, 0.3) is 0 Å². The molecule has 0 bridgehead atoms. The molecule has 1 aliphatic carbocycles. The lowest BCUT2D eigenvalue weighted by atomic mass is 9.91. The van der Waals surface area contributed by atoms with E-state index >= 15 is 0 Å². The van der Waals surface area contributed by atoms with Gasteiger partial charge in [-0.15, -0.1) is 0 Å². The highest BCUT2D eigenvalue weighted by molar-refractivity contribution is 5.84. The quantitative estimate of drug-likeness (QED) is 0.837. The van der Waals surface area contributed by atoms with Gasteiger partial charge in [0.25, 0.3) is 0 Å².